The van der Waals surface area contributed by atoms with E-state index in [0.29, 0.717) is 37.2 Å². The minimum Gasteiger partial charge on any atom is -0.480 e. The largest absolute Gasteiger partial charge is 0.480 e. The van der Waals surface area contributed by atoms with Crippen molar-refractivity contribution in [1.82, 2.24) is 4.72 Å². The van der Waals surface area contributed by atoms with Crippen molar-refractivity contribution in [3.63, 3.8) is 0 Å². The predicted octanol–water partition coefficient (Wildman–Crippen LogP) is 3.54. The van der Waals surface area contributed by atoms with Gasteiger partial charge in [0.1, 0.15) is 17.0 Å². The van der Waals surface area contributed by atoms with Crippen LogP contribution in [0.25, 0.3) is 0 Å². The number of para-hydroxylation sites is 1. The van der Waals surface area contributed by atoms with Gasteiger partial charge in [0.15, 0.2) is 0 Å². The fraction of sp³-hybridized carbons (Fsp3) is 0.316. The summed E-state index contributed by atoms with van der Waals surface area (Å²) in [6.07, 6.45) is 2.91. The van der Waals surface area contributed by atoms with E-state index in [4.69, 9.17) is 4.74 Å². The zero-order valence-electron chi connectivity index (χ0n) is 14.2. The number of rotatable bonds is 6. The summed E-state index contributed by atoms with van der Waals surface area (Å²) in [5, 5.41) is 9.56. The molecule has 1 aliphatic rings. The van der Waals surface area contributed by atoms with Crippen LogP contribution in [0.4, 0.5) is 0 Å². The number of carboxylic acids is 1. The van der Waals surface area contributed by atoms with E-state index in [-0.39, 0.29) is 4.90 Å². The number of aliphatic carboxylic acids is 1. The predicted molar refractivity (Wildman–Crippen MR) is 96.7 cm³/mol. The molecular weight excluding hydrogens is 354 g/mol. The molecule has 6 nitrogen and oxygen atoms in total. The second kappa shape index (κ2) is 7.47. The lowest BCUT2D eigenvalue weighted by Crippen LogP contribution is -2.55. The van der Waals surface area contributed by atoms with Gasteiger partial charge in [0.05, 0.1) is 4.90 Å². The number of hydrogen-bond acceptors (Lipinski definition) is 4. The van der Waals surface area contributed by atoms with Crippen LogP contribution in [0.2, 0.25) is 0 Å². The summed E-state index contributed by atoms with van der Waals surface area (Å²) < 4.78 is 33.4. The molecule has 0 aromatic heterocycles. The van der Waals surface area contributed by atoms with Crippen LogP contribution in [-0.4, -0.2) is 25.0 Å². The second-order valence-corrected chi connectivity index (χ2v) is 8.12. The lowest BCUT2D eigenvalue weighted by atomic mass is 9.83. The first-order chi connectivity index (χ1) is 12.4. The topological polar surface area (TPSA) is 92.7 Å². The molecule has 1 saturated carbocycles. The first-order valence-corrected chi connectivity index (χ1v) is 10.00. The number of ether oxygens (including phenoxy) is 1. The minimum absolute atomic E-state index is 0.0177. The van der Waals surface area contributed by atoms with Crippen molar-refractivity contribution in [3.05, 3.63) is 54.6 Å². The first kappa shape index (κ1) is 18.4. The maximum absolute atomic E-state index is 12.7. The highest BCUT2D eigenvalue weighted by Gasteiger charge is 2.43. The molecule has 0 bridgehead atoms. The molecule has 1 aliphatic carbocycles. The third kappa shape index (κ3) is 4.05. The van der Waals surface area contributed by atoms with Gasteiger partial charge in [-0.05, 0) is 49.2 Å². The van der Waals surface area contributed by atoms with Crippen LogP contribution in [-0.2, 0) is 14.8 Å². The Bertz CT molecular complexity index is 857. The van der Waals surface area contributed by atoms with E-state index in [0.717, 1.165) is 6.42 Å². The van der Waals surface area contributed by atoms with Crippen molar-refractivity contribution in [2.75, 3.05) is 0 Å². The molecule has 3 rings (SSSR count). The molecule has 26 heavy (non-hydrogen) atoms. The Hall–Kier alpha value is -2.38. The maximum Gasteiger partial charge on any atom is 0.324 e. The van der Waals surface area contributed by atoms with Crippen LogP contribution in [0.5, 0.6) is 11.5 Å². The van der Waals surface area contributed by atoms with Crippen LogP contribution in [0.3, 0.4) is 0 Å². The third-order valence-corrected chi connectivity index (χ3v) is 6.11. The SMILES string of the molecule is O=C(O)C1(NS(=O)(=O)c2ccc(Oc3ccccc3)cc2)CCCCC1. The lowest BCUT2D eigenvalue weighted by molar-refractivity contribution is -0.145. The molecule has 0 spiro atoms. The zero-order chi connectivity index (χ0) is 18.6. The molecule has 138 valence electrons. The number of sulfonamides is 1. The highest BCUT2D eigenvalue weighted by atomic mass is 32.2. The average molecular weight is 375 g/mol. The van der Waals surface area contributed by atoms with Crippen LogP contribution in [0.1, 0.15) is 32.1 Å². The molecule has 0 heterocycles. The first-order valence-electron chi connectivity index (χ1n) is 8.52. The van der Waals surface area contributed by atoms with Gasteiger partial charge in [-0.25, -0.2) is 8.42 Å². The molecule has 0 aliphatic heterocycles. The fourth-order valence-electron chi connectivity index (χ4n) is 3.14. The number of benzene rings is 2. The van der Waals surface area contributed by atoms with E-state index in [1.54, 1.807) is 24.3 Å². The quantitative estimate of drug-likeness (QED) is 0.805. The van der Waals surface area contributed by atoms with Gasteiger partial charge in [-0.15, -0.1) is 0 Å². The van der Waals surface area contributed by atoms with E-state index in [1.165, 1.54) is 12.1 Å². The summed E-state index contributed by atoms with van der Waals surface area (Å²) in [4.78, 5) is 11.7. The van der Waals surface area contributed by atoms with Crippen LogP contribution >= 0.6 is 0 Å². The van der Waals surface area contributed by atoms with Crippen LogP contribution in [0, 0.1) is 0 Å². The van der Waals surface area contributed by atoms with Gasteiger partial charge in [0.2, 0.25) is 10.0 Å². The van der Waals surface area contributed by atoms with E-state index in [2.05, 4.69) is 4.72 Å². The summed E-state index contributed by atoms with van der Waals surface area (Å²) in [5.74, 6) is 0.0267. The Morgan fingerprint density at radius 1 is 0.923 bits per heavy atom. The molecule has 2 aromatic rings. The summed E-state index contributed by atoms with van der Waals surface area (Å²) in [7, 11) is -3.94. The molecule has 2 aromatic carbocycles. The number of carbonyl (C=O) groups is 1. The third-order valence-electron chi connectivity index (χ3n) is 4.56. The number of carboxylic acid groups (broad SMARTS) is 1. The van der Waals surface area contributed by atoms with Crippen LogP contribution in [0.15, 0.2) is 59.5 Å². The summed E-state index contributed by atoms with van der Waals surface area (Å²) in [6.45, 7) is 0. The van der Waals surface area contributed by atoms with Gasteiger partial charge in [0.25, 0.3) is 0 Å². The number of nitrogens with one attached hydrogen (secondary N) is 1. The fourth-order valence-corrected chi connectivity index (χ4v) is 4.56. The molecule has 0 atom stereocenters. The number of hydrogen-bond donors (Lipinski definition) is 2. The molecule has 0 radical (unpaired) electrons. The van der Waals surface area contributed by atoms with E-state index in [9.17, 15) is 18.3 Å². The minimum atomic E-state index is -3.94. The van der Waals surface area contributed by atoms with Crippen molar-refractivity contribution in [1.29, 1.82) is 0 Å². The van der Waals surface area contributed by atoms with Gasteiger partial charge in [-0.1, -0.05) is 37.5 Å². The highest BCUT2D eigenvalue weighted by molar-refractivity contribution is 7.89. The maximum atomic E-state index is 12.7. The Balaban J connectivity index is 1.77. The van der Waals surface area contributed by atoms with E-state index < -0.39 is 21.5 Å². The average Bonchev–Trinajstić information content (AvgIpc) is 2.63. The Labute approximate surface area is 152 Å². The van der Waals surface area contributed by atoms with E-state index >= 15 is 0 Å². The van der Waals surface area contributed by atoms with E-state index in [1.807, 2.05) is 18.2 Å². The van der Waals surface area contributed by atoms with Gasteiger partial charge in [-0.2, -0.15) is 4.72 Å². The van der Waals surface area contributed by atoms with Gasteiger partial charge in [0, 0.05) is 0 Å². The highest BCUT2D eigenvalue weighted by Crippen LogP contribution is 2.31. The summed E-state index contributed by atoms with van der Waals surface area (Å²) >= 11 is 0. The van der Waals surface area contributed by atoms with Crippen molar-refractivity contribution >= 4 is 16.0 Å². The Kier molecular flexibility index (Phi) is 5.29. The molecule has 0 saturated heterocycles. The van der Waals surface area contributed by atoms with Crippen LogP contribution < -0.4 is 9.46 Å². The monoisotopic (exact) mass is 375 g/mol. The molecule has 0 unspecified atom stereocenters. The normalized spacial score (nSPS) is 16.8. The summed E-state index contributed by atoms with van der Waals surface area (Å²) in [6, 6.07) is 15.1. The van der Waals surface area contributed by atoms with Gasteiger partial charge < -0.3 is 9.84 Å². The van der Waals surface area contributed by atoms with Crippen molar-refractivity contribution in [2.45, 2.75) is 42.5 Å². The summed E-state index contributed by atoms with van der Waals surface area (Å²) in [5.41, 5.74) is -1.42. The van der Waals surface area contributed by atoms with Crippen molar-refractivity contribution in [2.24, 2.45) is 0 Å². The molecule has 2 N–H and O–H groups in total. The molecule has 0 amide bonds. The molecular formula is C19H21NO5S. The second-order valence-electron chi connectivity index (χ2n) is 6.44. The molecule has 1 fully saturated rings. The standard InChI is InChI=1S/C19H21NO5S/c21-18(22)19(13-5-2-6-14-19)20-26(23,24)17-11-9-16(10-12-17)25-15-7-3-1-4-8-15/h1,3-4,7-12,20H,2,5-6,13-14H2,(H,21,22). The molecule has 7 heteroatoms. The van der Waals surface area contributed by atoms with Gasteiger partial charge in [-0.3, -0.25) is 4.79 Å². The van der Waals surface area contributed by atoms with Crippen molar-refractivity contribution < 1.29 is 23.1 Å². The lowest BCUT2D eigenvalue weighted by Gasteiger charge is -2.33. The van der Waals surface area contributed by atoms with Gasteiger partial charge >= 0.3 is 5.97 Å². The van der Waals surface area contributed by atoms with Crippen molar-refractivity contribution in [3.8, 4) is 11.5 Å². The Morgan fingerprint density at radius 3 is 2.08 bits per heavy atom. The Morgan fingerprint density at radius 2 is 1.50 bits per heavy atom. The smallest absolute Gasteiger partial charge is 0.324 e. The zero-order valence-corrected chi connectivity index (χ0v) is 15.0.